The first kappa shape index (κ1) is 18.2. The van der Waals surface area contributed by atoms with Gasteiger partial charge in [-0.1, -0.05) is 29.8 Å². The number of aromatic nitrogens is 5. The van der Waals surface area contributed by atoms with Crippen molar-refractivity contribution in [1.29, 1.82) is 0 Å². The number of nitrogens with one attached hydrogen (secondary N) is 2. The lowest BCUT2D eigenvalue weighted by Crippen LogP contribution is -2.25. The fourth-order valence-electron chi connectivity index (χ4n) is 3.38. The number of benzene rings is 1. The molecule has 1 saturated heterocycles. The number of halogens is 1. The minimum Gasteiger partial charge on any atom is -0.368 e. The minimum atomic E-state index is 0.165. The lowest BCUT2D eigenvalue weighted by atomic mass is 10.1. The Labute approximate surface area is 167 Å². The summed E-state index contributed by atoms with van der Waals surface area (Å²) in [5.74, 6) is 1.69. The largest absolute Gasteiger partial charge is 0.368 e. The molecule has 0 saturated carbocycles. The molecule has 3 heterocycles. The first-order chi connectivity index (χ1) is 13.6. The Balaban J connectivity index is 1.59. The molecule has 28 heavy (non-hydrogen) atoms. The third kappa shape index (κ3) is 3.91. The first-order valence-corrected chi connectivity index (χ1v) is 9.49. The van der Waals surface area contributed by atoms with Crippen LogP contribution in [0.4, 0.5) is 23.7 Å². The second-order valence-corrected chi connectivity index (χ2v) is 6.99. The lowest BCUT2D eigenvalue weighted by Gasteiger charge is -2.25. The molecule has 4 N–H and O–H groups in total. The summed E-state index contributed by atoms with van der Waals surface area (Å²) in [4.78, 5) is 15.3. The Kier molecular flexibility index (Phi) is 5.12. The summed E-state index contributed by atoms with van der Waals surface area (Å²) in [5.41, 5.74) is 8.02. The second-order valence-electron chi connectivity index (χ2n) is 6.55. The summed E-state index contributed by atoms with van der Waals surface area (Å²) in [5, 5.41) is 10.9. The molecular weight excluding hydrogens is 376 g/mol. The lowest BCUT2D eigenvalue weighted by molar-refractivity contribution is 0.701. The van der Waals surface area contributed by atoms with E-state index in [1.165, 1.54) is 5.56 Å². The van der Waals surface area contributed by atoms with Gasteiger partial charge in [-0.05, 0) is 43.5 Å². The third-order valence-corrected chi connectivity index (χ3v) is 4.84. The Bertz CT molecular complexity index is 982. The summed E-state index contributed by atoms with van der Waals surface area (Å²) in [6.45, 7) is 2.80. The van der Waals surface area contributed by atoms with Crippen molar-refractivity contribution in [2.75, 3.05) is 22.5 Å². The summed E-state index contributed by atoms with van der Waals surface area (Å²) in [7, 11) is 0. The number of allylic oxidation sites excluding steroid dienone is 1. The van der Waals surface area contributed by atoms with E-state index in [0.29, 0.717) is 17.7 Å². The van der Waals surface area contributed by atoms with Gasteiger partial charge in [-0.3, -0.25) is 5.10 Å². The molecule has 3 aromatic rings. The Morgan fingerprint density at radius 1 is 1.25 bits per heavy atom. The van der Waals surface area contributed by atoms with E-state index in [9.17, 15) is 0 Å². The van der Waals surface area contributed by atoms with Crippen molar-refractivity contribution >= 4 is 41.3 Å². The van der Waals surface area contributed by atoms with E-state index >= 15 is 0 Å². The third-order valence-electron chi connectivity index (χ3n) is 4.59. The number of aromatic amines is 1. The van der Waals surface area contributed by atoms with Gasteiger partial charge in [0.05, 0.1) is 11.7 Å². The highest BCUT2D eigenvalue weighted by molar-refractivity contribution is 6.30. The normalized spacial score (nSPS) is 16.8. The highest BCUT2D eigenvalue weighted by Gasteiger charge is 2.28. The quantitative estimate of drug-likeness (QED) is 0.599. The summed E-state index contributed by atoms with van der Waals surface area (Å²) >= 11 is 6.03. The van der Waals surface area contributed by atoms with E-state index in [0.717, 1.165) is 30.1 Å². The molecule has 1 aliphatic heterocycles. The molecule has 0 amide bonds. The fraction of sp³-hybridized carbons (Fsp3) is 0.263. The number of H-pyrrole nitrogens is 1. The van der Waals surface area contributed by atoms with Crippen molar-refractivity contribution in [1.82, 2.24) is 25.1 Å². The summed E-state index contributed by atoms with van der Waals surface area (Å²) in [6, 6.07) is 9.94. The highest BCUT2D eigenvalue weighted by Crippen LogP contribution is 2.35. The summed E-state index contributed by atoms with van der Waals surface area (Å²) < 4.78 is 0. The average Bonchev–Trinajstić information content (AvgIpc) is 3.32. The predicted molar refractivity (Wildman–Crippen MR) is 112 cm³/mol. The number of hydrogen-bond acceptors (Lipinski definition) is 7. The van der Waals surface area contributed by atoms with E-state index in [2.05, 4.69) is 35.4 Å². The molecule has 1 aromatic carbocycles. The monoisotopic (exact) mass is 396 g/mol. The van der Waals surface area contributed by atoms with Crippen LogP contribution in [0.5, 0.6) is 0 Å². The molecule has 1 atom stereocenters. The molecule has 0 bridgehead atoms. The molecule has 2 aromatic heterocycles. The van der Waals surface area contributed by atoms with Crippen molar-refractivity contribution in [2.24, 2.45) is 0 Å². The van der Waals surface area contributed by atoms with Crippen LogP contribution in [0.3, 0.4) is 0 Å². The standard InChI is InChI=1S/C19H21ClN8/c1-2-4-14-11-16(27-26-14)22-18-23-17(21)24-19(25-18)28-10-3-5-15(28)12-6-8-13(20)9-7-12/h2,4,6-9,11,15H,3,5,10H2,1H3,(H4,21,22,23,24,25,26,27)/b4-2+. The van der Waals surface area contributed by atoms with Crippen molar-refractivity contribution < 1.29 is 0 Å². The number of nitrogen functional groups attached to an aromatic ring is 1. The van der Waals surface area contributed by atoms with Gasteiger partial charge in [0.25, 0.3) is 0 Å². The fourth-order valence-corrected chi connectivity index (χ4v) is 3.51. The zero-order valence-electron chi connectivity index (χ0n) is 15.4. The van der Waals surface area contributed by atoms with Crippen LogP contribution in [0, 0.1) is 0 Å². The summed E-state index contributed by atoms with van der Waals surface area (Å²) in [6.07, 6.45) is 5.92. The van der Waals surface area contributed by atoms with Gasteiger partial charge >= 0.3 is 0 Å². The van der Waals surface area contributed by atoms with Crippen molar-refractivity contribution in [3.63, 3.8) is 0 Å². The van der Waals surface area contributed by atoms with Gasteiger partial charge < -0.3 is 16.0 Å². The van der Waals surface area contributed by atoms with Crippen molar-refractivity contribution in [3.8, 4) is 0 Å². The molecule has 144 valence electrons. The zero-order chi connectivity index (χ0) is 19.5. The van der Waals surface area contributed by atoms with E-state index in [-0.39, 0.29) is 12.0 Å². The van der Waals surface area contributed by atoms with Crippen LogP contribution in [0.1, 0.15) is 37.1 Å². The van der Waals surface area contributed by atoms with Crippen LogP contribution >= 0.6 is 11.6 Å². The highest BCUT2D eigenvalue weighted by atomic mass is 35.5. The Morgan fingerprint density at radius 2 is 2.07 bits per heavy atom. The van der Waals surface area contributed by atoms with Gasteiger partial charge in [-0.15, -0.1) is 0 Å². The van der Waals surface area contributed by atoms with Gasteiger partial charge in [-0.25, -0.2) is 0 Å². The number of nitrogens with zero attached hydrogens (tertiary/aromatic N) is 5. The SMILES string of the molecule is C/C=C/c1cc(Nc2nc(N)nc(N3CCCC3c3ccc(Cl)cc3)n2)n[nH]1. The Morgan fingerprint density at radius 3 is 2.86 bits per heavy atom. The smallest absolute Gasteiger partial charge is 0.235 e. The van der Waals surface area contributed by atoms with E-state index in [4.69, 9.17) is 17.3 Å². The van der Waals surface area contributed by atoms with Crippen molar-refractivity contribution in [3.05, 3.63) is 52.7 Å². The maximum atomic E-state index is 6.03. The van der Waals surface area contributed by atoms with Gasteiger partial charge in [0.1, 0.15) is 0 Å². The molecular formula is C19H21ClN8. The number of hydrogen-bond donors (Lipinski definition) is 3. The van der Waals surface area contributed by atoms with Crippen LogP contribution in [-0.4, -0.2) is 31.7 Å². The number of nitrogens with two attached hydrogens (primary N) is 1. The molecule has 0 aliphatic carbocycles. The first-order valence-electron chi connectivity index (χ1n) is 9.11. The van der Waals surface area contributed by atoms with Crippen LogP contribution in [0.15, 0.2) is 36.4 Å². The van der Waals surface area contributed by atoms with Crippen molar-refractivity contribution in [2.45, 2.75) is 25.8 Å². The minimum absolute atomic E-state index is 0.165. The second kappa shape index (κ2) is 7.85. The molecule has 0 spiro atoms. The molecule has 0 radical (unpaired) electrons. The molecule has 9 heteroatoms. The number of anilines is 4. The van der Waals surface area contributed by atoms with Crippen LogP contribution < -0.4 is 16.0 Å². The average molecular weight is 397 g/mol. The van der Waals surface area contributed by atoms with Crippen LogP contribution in [0.25, 0.3) is 6.08 Å². The van der Waals surface area contributed by atoms with E-state index in [1.54, 1.807) is 0 Å². The van der Waals surface area contributed by atoms with Crippen LogP contribution in [0.2, 0.25) is 5.02 Å². The molecule has 1 fully saturated rings. The van der Waals surface area contributed by atoms with Gasteiger partial charge in [-0.2, -0.15) is 20.1 Å². The molecule has 8 nitrogen and oxygen atoms in total. The molecule has 4 rings (SSSR count). The van der Waals surface area contributed by atoms with E-state index in [1.807, 2.05) is 49.4 Å². The van der Waals surface area contributed by atoms with Gasteiger partial charge in [0, 0.05) is 17.6 Å². The zero-order valence-corrected chi connectivity index (χ0v) is 16.2. The molecule has 1 aliphatic rings. The maximum Gasteiger partial charge on any atom is 0.235 e. The maximum absolute atomic E-state index is 6.03. The number of rotatable bonds is 5. The topological polar surface area (TPSA) is 109 Å². The van der Waals surface area contributed by atoms with Crippen LogP contribution in [-0.2, 0) is 0 Å². The van der Waals surface area contributed by atoms with Gasteiger partial charge in [0.2, 0.25) is 17.8 Å². The van der Waals surface area contributed by atoms with Gasteiger partial charge in [0.15, 0.2) is 5.82 Å². The predicted octanol–water partition coefficient (Wildman–Crippen LogP) is 3.95. The Hall–Kier alpha value is -3.13. The molecule has 1 unspecified atom stereocenters. The van der Waals surface area contributed by atoms with E-state index < -0.39 is 0 Å².